The first-order valence-corrected chi connectivity index (χ1v) is 19.6. The molecule has 0 fully saturated rings. The number of hydrogen-bond acceptors (Lipinski definition) is 1. The zero-order chi connectivity index (χ0) is 22.9. The van der Waals surface area contributed by atoms with E-state index in [2.05, 4.69) is 108 Å². The summed E-state index contributed by atoms with van der Waals surface area (Å²) in [5, 5.41) is 8.73. The fourth-order valence-electron chi connectivity index (χ4n) is 4.02. The van der Waals surface area contributed by atoms with Gasteiger partial charge in [-0.1, -0.05) is 77.1 Å². The quantitative estimate of drug-likeness (QED) is 0.350. The van der Waals surface area contributed by atoms with Crippen LogP contribution in [0.15, 0.2) is 24.3 Å². The van der Waals surface area contributed by atoms with Crippen LogP contribution >= 0.6 is 0 Å². The van der Waals surface area contributed by atoms with Gasteiger partial charge in [0.05, 0.1) is 21.7 Å². The number of nitrogens with zero attached hydrogens (tertiary/aromatic N) is 2. The number of benzene rings is 1. The van der Waals surface area contributed by atoms with E-state index in [0.717, 1.165) is 0 Å². The maximum absolute atomic E-state index is 7.50. The van der Waals surface area contributed by atoms with E-state index in [4.69, 9.17) is 19.1 Å². The van der Waals surface area contributed by atoms with Gasteiger partial charge in [-0.15, -0.1) is 0 Å². The summed E-state index contributed by atoms with van der Waals surface area (Å²) in [6.07, 6.45) is 0. The Morgan fingerprint density at radius 2 is 1.14 bits per heavy atom. The summed E-state index contributed by atoms with van der Waals surface area (Å²) in [7, 11) is -4.17. The maximum atomic E-state index is 7.50. The Bertz CT molecular complexity index is 782. The third-order valence-corrected chi connectivity index (χ3v) is 15.1. The molecule has 5 nitrogen and oxygen atoms in total. The molecule has 9 heteroatoms. The van der Waals surface area contributed by atoms with Crippen molar-refractivity contribution in [3.05, 3.63) is 44.2 Å². The Labute approximate surface area is 189 Å². The van der Waals surface area contributed by atoms with Crippen molar-refractivity contribution in [3.8, 4) is 0 Å². The molecular weight excluding hydrogens is 452 g/mol. The average Bonchev–Trinajstić information content (AvgIpc) is 2.96. The van der Waals surface area contributed by atoms with Gasteiger partial charge in [-0.2, -0.15) is 5.10 Å². The molecule has 29 heavy (non-hydrogen) atoms. The normalized spacial score (nSPS) is 10.9. The molecule has 0 bridgehead atoms. The van der Waals surface area contributed by atoms with Crippen molar-refractivity contribution in [2.75, 3.05) is 0 Å². The standard InChI is InChI=1S/C17H32N2Si3.3CO.Cr/c1-20(2,3)16-14-12-10-11-13-15(14)18-19(16)17(21(4,5)6)22(7,8)9;3*1-2;/h10-13,17H,1-9H3;;;;. The van der Waals surface area contributed by atoms with Crippen LogP contribution in [0.5, 0.6) is 0 Å². The molecule has 0 radical (unpaired) electrons. The second kappa shape index (κ2) is 13.4. The minimum Gasteiger partial charge on any atom is 0 e. The maximum Gasteiger partial charge on any atom is 0 e. The van der Waals surface area contributed by atoms with Gasteiger partial charge in [0.15, 0.2) is 0 Å². The molecule has 1 aromatic carbocycles. The molecule has 0 unspecified atom stereocenters. The molecule has 0 aliphatic heterocycles. The SMILES string of the molecule is C[Si](C)(C)c1c2ccccc2nn1C([Si](C)(C)C)[Si](C)(C)C.[C-]#[O+].[C-]#[O+].[C-]#[O+].[Cr]. The zero-order valence-corrected chi connectivity index (χ0v) is 23.2. The van der Waals surface area contributed by atoms with Crippen LogP contribution in [0, 0.1) is 20.0 Å². The fraction of sp³-hybridized carbons (Fsp3) is 0.500. The van der Waals surface area contributed by atoms with Crippen molar-refractivity contribution in [3.63, 3.8) is 0 Å². The summed E-state index contributed by atoms with van der Waals surface area (Å²) in [6.45, 7) is 35.9. The molecule has 0 amide bonds. The first-order chi connectivity index (χ1) is 12.8. The Morgan fingerprint density at radius 3 is 1.48 bits per heavy atom. The fourth-order valence-corrected chi connectivity index (χ4v) is 18.4. The van der Waals surface area contributed by atoms with Gasteiger partial charge in [-0.3, -0.25) is 4.68 Å². The Kier molecular flexibility index (Phi) is 15.1. The predicted octanol–water partition coefficient (Wildman–Crippen LogP) is 4.76. The third-order valence-electron chi connectivity index (χ3n) is 4.20. The monoisotopic (exact) mass is 484 g/mol. The number of fused-ring (bicyclic) bond motifs is 1. The van der Waals surface area contributed by atoms with E-state index in [9.17, 15) is 0 Å². The smallest absolute Gasteiger partial charge is 0 e. The van der Waals surface area contributed by atoms with Crippen LogP contribution in [0.2, 0.25) is 58.9 Å². The number of hydrogen-bond donors (Lipinski definition) is 0. The molecule has 0 atom stereocenters. The van der Waals surface area contributed by atoms with Crippen molar-refractivity contribution in [1.29, 1.82) is 0 Å². The van der Waals surface area contributed by atoms with E-state index in [1.165, 1.54) is 10.9 Å². The minimum atomic E-state index is -1.47. The topological polar surface area (TPSA) is 77.5 Å². The Morgan fingerprint density at radius 1 is 0.759 bits per heavy atom. The van der Waals surface area contributed by atoms with Gasteiger partial charge >= 0.3 is 33.9 Å². The van der Waals surface area contributed by atoms with Gasteiger partial charge < -0.3 is 0 Å². The van der Waals surface area contributed by atoms with Crippen LogP contribution in [0.1, 0.15) is 5.29 Å². The summed E-state index contributed by atoms with van der Waals surface area (Å²) in [6, 6.07) is 8.74. The van der Waals surface area contributed by atoms with Gasteiger partial charge in [0.1, 0.15) is 8.07 Å². The molecule has 0 saturated carbocycles. The van der Waals surface area contributed by atoms with Gasteiger partial charge in [-0.25, -0.2) is 0 Å². The van der Waals surface area contributed by atoms with Gasteiger partial charge in [0.25, 0.3) is 0 Å². The summed E-state index contributed by atoms with van der Waals surface area (Å²) >= 11 is 0. The molecule has 0 spiro atoms. The van der Waals surface area contributed by atoms with Crippen molar-refractivity contribution >= 4 is 40.4 Å². The van der Waals surface area contributed by atoms with Crippen LogP contribution < -0.4 is 5.32 Å². The largest absolute Gasteiger partial charge is 0 e. The third kappa shape index (κ3) is 8.77. The second-order valence-electron chi connectivity index (χ2n) is 9.69. The van der Waals surface area contributed by atoms with E-state index in [0.29, 0.717) is 5.29 Å². The van der Waals surface area contributed by atoms with Crippen LogP contribution in [0.4, 0.5) is 0 Å². The average molecular weight is 485 g/mol. The van der Waals surface area contributed by atoms with Crippen LogP contribution in [0.25, 0.3) is 10.9 Å². The van der Waals surface area contributed by atoms with E-state index < -0.39 is 24.2 Å². The van der Waals surface area contributed by atoms with Crippen LogP contribution in [-0.4, -0.2) is 34.0 Å². The molecule has 0 saturated heterocycles. The van der Waals surface area contributed by atoms with Gasteiger partial charge in [-0.05, 0) is 6.07 Å². The first kappa shape index (κ1) is 32.7. The van der Waals surface area contributed by atoms with Gasteiger partial charge in [0, 0.05) is 33.4 Å². The molecular formula is C20H32CrN2O3Si3. The number of aromatic nitrogens is 2. The van der Waals surface area contributed by atoms with Crippen molar-refractivity contribution in [1.82, 2.24) is 9.78 Å². The van der Waals surface area contributed by atoms with E-state index in [1.54, 1.807) is 5.32 Å². The summed E-state index contributed by atoms with van der Waals surface area (Å²) in [5.74, 6) is 0. The van der Waals surface area contributed by atoms with E-state index in [-0.39, 0.29) is 17.4 Å². The van der Waals surface area contributed by atoms with Gasteiger partial charge in [0.2, 0.25) is 0 Å². The Hall–Kier alpha value is -0.907. The summed E-state index contributed by atoms with van der Waals surface area (Å²) in [5.41, 5.74) is 1.18. The molecule has 0 N–H and O–H groups in total. The number of rotatable bonds is 4. The summed E-state index contributed by atoms with van der Waals surface area (Å²) < 4.78 is 25.0. The predicted molar refractivity (Wildman–Crippen MR) is 120 cm³/mol. The van der Waals surface area contributed by atoms with E-state index in [1.807, 2.05) is 0 Å². The Balaban J connectivity index is -0.000000883. The molecule has 158 valence electrons. The van der Waals surface area contributed by atoms with Crippen molar-refractivity contribution in [2.45, 2.75) is 64.2 Å². The zero-order valence-electron chi connectivity index (χ0n) is 18.9. The van der Waals surface area contributed by atoms with Crippen LogP contribution in [-0.2, 0) is 31.3 Å². The van der Waals surface area contributed by atoms with Crippen molar-refractivity contribution < 1.29 is 31.3 Å². The molecule has 2 rings (SSSR count). The van der Waals surface area contributed by atoms with E-state index >= 15 is 0 Å². The second-order valence-corrected chi connectivity index (χ2v) is 25.8. The minimum absolute atomic E-state index is 0. The molecule has 1 aromatic heterocycles. The molecule has 2 aromatic rings. The van der Waals surface area contributed by atoms with Crippen molar-refractivity contribution in [2.24, 2.45) is 0 Å². The summed E-state index contributed by atoms with van der Waals surface area (Å²) in [4.78, 5) is 0. The molecule has 0 aliphatic carbocycles. The first-order valence-electron chi connectivity index (χ1n) is 8.92. The molecule has 1 heterocycles. The van der Waals surface area contributed by atoms with Crippen LogP contribution in [0.3, 0.4) is 0 Å². The molecule has 0 aliphatic rings.